The van der Waals surface area contributed by atoms with Gasteiger partial charge in [0.1, 0.15) is 0 Å². The van der Waals surface area contributed by atoms with E-state index in [1.807, 2.05) is 78.2 Å². The number of methoxy groups -OCH3 is 2. The lowest BCUT2D eigenvalue weighted by atomic mass is 10.1. The molecule has 2 N–H and O–H groups in total. The standard InChI is InChI=1S/C28H25N3O4S2/c1-34-24-14-9-20(16-25(24)35-2)23-17-37-28(30-23)31-27(33)18-36-22-12-10-21(11-13-22)29-26(32)15-8-19-6-4-3-5-7-19/h3-17H,18H2,1-2H3,(H,29,32)(H,30,31,33)/b15-8+. The van der Waals surface area contributed by atoms with E-state index in [4.69, 9.17) is 9.47 Å². The Balaban J connectivity index is 1.26. The summed E-state index contributed by atoms with van der Waals surface area (Å²) in [6.45, 7) is 0. The Labute approximate surface area is 223 Å². The molecule has 0 unspecified atom stereocenters. The largest absolute Gasteiger partial charge is 0.493 e. The molecule has 9 heteroatoms. The van der Waals surface area contributed by atoms with E-state index in [2.05, 4.69) is 15.6 Å². The normalized spacial score (nSPS) is 10.8. The molecule has 7 nitrogen and oxygen atoms in total. The number of ether oxygens (including phenoxy) is 2. The van der Waals surface area contributed by atoms with Crippen molar-refractivity contribution in [1.82, 2.24) is 4.98 Å². The lowest BCUT2D eigenvalue weighted by molar-refractivity contribution is -0.114. The molecule has 1 aromatic heterocycles. The average molecular weight is 532 g/mol. The van der Waals surface area contributed by atoms with Crippen LogP contribution in [0.3, 0.4) is 0 Å². The number of anilines is 2. The molecule has 0 atom stereocenters. The number of hydrogen-bond acceptors (Lipinski definition) is 7. The van der Waals surface area contributed by atoms with Gasteiger partial charge in [0.25, 0.3) is 0 Å². The predicted molar refractivity (Wildman–Crippen MR) is 151 cm³/mol. The maximum atomic E-state index is 12.5. The Morgan fingerprint density at radius 3 is 2.43 bits per heavy atom. The Morgan fingerprint density at radius 2 is 1.70 bits per heavy atom. The topological polar surface area (TPSA) is 89.6 Å². The first-order chi connectivity index (χ1) is 18.0. The van der Waals surface area contributed by atoms with E-state index in [1.54, 1.807) is 20.3 Å². The highest BCUT2D eigenvalue weighted by Crippen LogP contribution is 2.33. The van der Waals surface area contributed by atoms with Crippen molar-refractivity contribution in [2.45, 2.75) is 4.90 Å². The molecular weight excluding hydrogens is 506 g/mol. The monoisotopic (exact) mass is 531 g/mol. The Hall–Kier alpha value is -4.08. The number of aromatic nitrogens is 1. The SMILES string of the molecule is COc1ccc(-c2csc(NC(=O)CSc3ccc(NC(=O)/C=C/c4ccccc4)cc3)n2)cc1OC. The van der Waals surface area contributed by atoms with Gasteiger partial charge in [-0.15, -0.1) is 23.1 Å². The summed E-state index contributed by atoms with van der Waals surface area (Å²) in [5.41, 5.74) is 3.25. The van der Waals surface area contributed by atoms with Crippen LogP contribution in [-0.2, 0) is 9.59 Å². The van der Waals surface area contributed by atoms with Crippen molar-refractivity contribution in [2.24, 2.45) is 0 Å². The zero-order valence-corrected chi connectivity index (χ0v) is 21.9. The molecule has 188 valence electrons. The van der Waals surface area contributed by atoms with Crippen molar-refractivity contribution in [1.29, 1.82) is 0 Å². The Kier molecular flexibility index (Phi) is 8.96. The van der Waals surface area contributed by atoms with Gasteiger partial charge in [-0.05, 0) is 54.1 Å². The van der Waals surface area contributed by atoms with Crippen molar-refractivity contribution in [3.05, 3.63) is 89.8 Å². The van der Waals surface area contributed by atoms with E-state index in [-0.39, 0.29) is 17.6 Å². The van der Waals surface area contributed by atoms with Gasteiger partial charge in [0.05, 0.1) is 25.7 Å². The number of amides is 2. The third kappa shape index (κ3) is 7.45. The smallest absolute Gasteiger partial charge is 0.248 e. The number of thiazole rings is 1. The molecule has 0 aliphatic rings. The van der Waals surface area contributed by atoms with Crippen molar-refractivity contribution in [2.75, 3.05) is 30.6 Å². The first-order valence-corrected chi connectivity index (χ1v) is 13.2. The summed E-state index contributed by atoms with van der Waals surface area (Å²) in [5.74, 6) is 1.13. The highest BCUT2D eigenvalue weighted by atomic mass is 32.2. The van der Waals surface area contributed by atoms with Gasteiger partial charge in [0.2, 0.25) is 11.8 Å². The molecule has 3 aromatic carbocycles. The van der Waals surface area contributed by atoms with Crippen LogP contribution in [0.1, 0.15) is 5.56 Å². The zero-order valence-electron chi connectivity index (χ0n) is 20.3. The minimum absolute atomic E-state index is 0.151. The van der Waals surface area contributed by atoms with E-state index in [0.717, 1.165) is 21.7 Å². The van der Waals surface area contributed by atoms with Gasteiger partial charge in [0, 0.05) is 27.6 Å². The summed E-state index contributed by atoms with van der Waals surface area (Å²) in [6.07, 6.45) is 3.26. The Morgan fingerprint density at radius 1 is 0.946 bits per heavy atom. The second-order valence-electron chi connectivity index (χ2n) is 7.70. The molecule has 0 saturated heterocycles. The fourth-order valence-electron chi connectivity index (χ4n) is 3.32. The van der Waals surface area contributed by atoms with Crippen LogP contribution < -0.4 is 20.1 Å². The van der Waals surface area contributed by atoms with E-state index in [1.165, 1.54) is 29.2 Å². The number of carbonyl (C=O) groups excluding carboxylic acids is 2. The zero-order chi connectivity index (χ0) is 26.0. The highest BCUT2D eigenvalue weighted by molar-refractivity contribution is 8.00. The number of nitrogens with zero attached hydrogens (tertiary/aromatic N) is 1. The fraction of sp³-hybridized carbons (Fsp3) is 0.107. The number of nitrogens with one attached hydrogen (secondary N) is 2. The van der Waals surface area contributed by atoms with Crippen LogP contribution in [0.2, 0.25) is 0 Å². The summed E-state index contributed by atoms with van der Waals surface area (Å²) in [6, 6.07) is 22.5. The highest BCUT2D eigenvalue weighted by Gasteiger charge is 2.11. The maximum Gasteiger partial charge on any atom is 0.248 e. The van der Waals surface area contributed by atoms with Crippen LogP contribution in [0.25, 0.3) is 17.3 Å². The minimum atomic E-state index is -0.209. The van der Waals surface area contributed by atoms with Crippen LogP contribution >= 0.6 is 23.1 Å². The third-order valence-electron chi connectivity index (χ3n) is 5.15. The summed E-state index contributed by atoms with van der Waals surface area (Å²) < 4.78 is 10.6. The van der Waals surface area contributed by atoms with E-state index in [9.17, 15) is 9.59 Å². The van der Waals surface area contributed by atoms with Crippen molar-refractivity contribution in [3.63, 3.8) is 0 Å². The number of carbonyl (C=O) groups is 2. The molecule has 37 heavy (non-hydrogen) atoms. The lowest BCUT2D eigenvalue weighted by Crippen LogP contribution is -2.13. The van der Waals surface area contributed by atoms with Crippen LogP contribution in [0.5, 0.6) is 11.5 Å². The van der Waals surface area contributed by atoms with E-state index < -0.39 is 0 Å². The molecule has 1 heterocycles. The van der Waals surface area contributed by atoms with Crippen LogP contribution in [0, 0.1) is 0 Å². The van der Waals surface area contributed by atoms with Crippen LogP contribution in [-0.4, -0.2) is 36.8 Å². The first-order valence-electron chi connectivity index (χ1n) is 11.3. The molecule has 0 radical (unpaired) electrons. The quantitative estimate of drug-likeness (QED) is 0.187. The second kappa shape index (κ2) is 12.8. The van der Waals surface area contributed by atoms with Gasteiger partial charge in [0.15, 0.2) is 16.6 Å². The summed E-state index contributed by atoms with van der Waals surface area (Å²) in [7, 11) is 3.17. The Bertz CT molecular complexity index is 1390. The van der Waals surface area contributed by atoms with Gasteiger partial charge in [-0.2, -0.15) is 0 Å². The summed E-state index contributed by atoms with van der Waals surface area (Å²) in [4.78, 5) is 30.0. The maximum absolute atomic E-state index is 12.5. The van der Waals surface area contributed by atoms with Crippen LogP contribution in [0.15, 0.2) is 89.1 Å². The molecule has 0 fully saturated rings. The predicted octanol–water partition coefficient (Wildman–Crippen LogP) is 6.21. The summed E-state index contributed by atoms with van der Waals surface area (Å²) >= 11 is 2.76. The van der Waals surface area contributed by atoms with Gasteiger partial charge < -0.3 is 20.1 Å². The molecule has 4 rings (SSSR count). The summed E-state index contributed by atoms with van der Waals surface area (Å²) in [5, 5.41) is 8.08. The number of rotatable bonds is 10. The first kappa shape index (κ1) is 26.0. The van der Waals surface area contributed by atoms with Crippen molar-refractivity contribution >= 4 is 51.8 Å². The second-order valence-corrected chi connectivity index (χ2v) is 9.61. The van der Waals surface area contributed by atoms with Gasteiger partial charge in [-0.3, -0.25) is 9.59 Å². The van der Waals surface area contributed by atoms with Gasteiger partial charge >= 0.3 is 0 Å². The van der Waals surface area contributed by atoms with Gasteiger partial charge in [-0.25, -0.2) is 4.98 Å². The molecule has 2 amide bonds. The molecule has 0 bridgehead atoms. The molecule has 0 saturated carbocycles. The number of thioether (sulfide) groups is 1. The average Bonchev–Trinajstić information content (AvgIpc) is 3.40. The fourth-order valence-corrected chi connectivity index (χ4v) is 4.75. The lowest BCUT2D eigenvalue weighted by Gasteiger charge is -2.08. The van der Waals surface area contributed by atoms with Gasteiger partial charge in [-0.1, -0.05) is 30.3 Å². The number of hydrogen-bond donors (Lipinski definition) is 2. The van der Waals surface area contributed by atoms with E-state index in [0.29, 0.717) is 22.3 Å². The molecule has 0 spiro atoms. The molecule has 4 aromatic rings. The molecule has 0 aliphatic heterocycles. The van der Waals surface area contributed by atoms with Crippen molar-refractivity contribution < 1.29 is 19.1 Å². The third-order valence-corrected chi connectivity index (χ3v) is 6.92. The molecule has 0 aliphatic carbocycles. The molecular formula is C28H25N3O4S2. The minimum Gasteiger partial charge on any atom is -0.493 e. The van der Waals surface area contributed by atoms with E-state index >= 15 is 0 Å². The van der Waals surface area contributed by atoms with Crippen molar-refractivity contribution in [3.8, 4) is 22.8 Å². The van der Waals surface area contributed by atoms with Crippen LogP contribution in [0.4, 0.5) is 10.8 Å². The number of benzene rings is 3.